The maximum Gasteiger partial charge on any atom is 0.339 e. The lowest BCUT2D eigenvalue weighted by Crippen LogP contribution is -2.36. The van der Waals surface area contributed by atoms with Gasteiger partial charge in [0.2, 0.25) is 0 Å². The smallest absolute Gasteiger partial charge is 0.339 e. The molecular formula is C25H26O5S. The normalized spacial score (nSPS) is 12.4. The Morgan fingerprint density at radius 1 is 0.806 bits per heavy atom. The summed E-state index contributed by atoms with van der Waals surface area (Å²) in [6, 6.07) is 22.1. The minimum atomic E-state index is -4.05. The van der Waals surface area contributed by atoms with Crippen LogP contribution in [0.4, 0.5) is 0 Å². The van der Waals surface area contributed by atoms with Gasteiger partial charge in [-0.05, 0) is 38.0 Å². The Bertz CT molecular complexity index is 1140. The number of carbonyl (C=O) groups is 1. The first-order chi connectivity index (χ1) is 14.5. The molecule has 0 aliphatic heterocycles. The van der Waals surface area contributed by atoms with Gasteiger partial charge in [-0.15, -0.1) is 0 Å². The summed E-state index contributed by atoms with van der Waals surface area (Å²) in [6.07, 6.45) is 0. The van der Waals surface area contributed by atoms with Crippen molar-refractivity contribution in [2.75, 3.05) is 7.11 Å². The van der Waals surface area contributed by atoms with E-state index in [0.29, 0.717) is 11.1 Å². The third-order valence-corrected chi connectivity index (χ3v) is 7.86. The van der Waals surface area contributed by atoms with Crippen LogP contribution in [0.25, 0.3) is 0 Å². The molecule has 31 heavy (non-hydrogen) atoms. The van der Waals surface area contributed by atoms with Crippen LogP contribution in [0, 0.1) is 0 Å². The Morgan fingerprint density at radius 3 is 1.71 bits per heavy atom. The standard InChI is InChI=1S/C25H26O5S/c1-24(2,3)31(28,29)22-20(23(26)30-4)16-11-17-21(22)25(27,18-12-7-5-8-13-18)19-14-9-6-10-15-19/h5-17,27H,1-4H3. The van der Waals surface area contributed by atoms with E-state index in [1.165, 1.54) is 13.2 Å². The highest BCUT2D eigenvalue weighted by atomic mass is 32.2. The van der Waals surface area contributed by atoms with Crippen molar-refractivity contribution in [1.82, 2.24) is 0 Å². The van der Waals surface area contributed by atoms with E-state index in [4.69, 9.17) is 4.74 Å². The highest BCUT2D eigenvalue weighted by molar-refractivity contribution is 7.92. The predicted molar refractivity (Wildman–Crippen MR) is 120 cm³/mol. The number of hydrogen-bond donors (Lipinski definition) is 1. The molecule has 0 unspecified atom stereocenters. The number of sulfone groups is 1. The Balaban J connectivity index is 2.51. The van der Waals surface area contributed by atoms with Gasteiger partial charge < -0.3 is 9.84 Å². The van der Waals surface area contributed by atoms with Crippen molar-refractivity contribution in [1.29, 1.82) is 0 Å². The van der Waals surface area contributed by atoms with Crippen LogP contribution < -0.4 is 0 Å². The van der Waals surface area contributed by atoms with Gasteiger partial charge in [0, 0.05) is 5.56 Å². The molecule has 0 aromatic heterocycles. The highest BCUT2D eigenvalue weighted by Crippen LogP contribution is 2.43. The molecule has 0 spiro atoms. The van der Waals surface area contributed by atoms with Crippen LogP contribution in [0.1, 0.15) is 47.8 Å². The lowest BCUT2D eigenvalue weighted by Gasteiger charge is -2.34. The number of esters is 1. The number of carbonyl (C=O) groups excluding carboxylic acids is 1. The molecule has 3 rings (SSSR count). The van der Waals surface area contributed by atoms with Crippen LogP contribution in [-0.2, 0) is 20.2 Å². The molecule has 0 bridgehead atoms. The van der Waals surface area contributed by atoms with E-state index in [9.17, 15) is 18.3 Å². The first-order valence-corrected chi connectivity index (χ1v) is 11.3. The average Bonchev–Trinajstić information content (AvgIpc) is 2.77. The molecule has 0 aliphatic carbocycles. The Hall–Kier alpha value is -2.96. The molecule has 0 amide bonds. The molecule has 5 nitrogen and oxygen atoms in total. The molecule has 0 saturated carbocycles. The summed E-state index contributed by atoms with van der Waals surface area (Å²) in [5.41, 5.74) is -0.870. The summed E-state index contributed by atoms with van der Waals surface area (Å²) in [5.74, 6) is -0.784. The second-order valence-corrected chi connectivity index (χ2v) is 10.9. The molecule has 0 fully saturated rings. The van der Waals surface area contributed by atoms with E-state index in [0.717, 1.165) is 0 Å². The van der Waals surface area contributed by atoms with Gasteiger partial charge >= 0.3 is 5.97 Å². The summed E-state index contributed by atoms with van der Waals surface area (Å²) >= 11 is 0. The van der Waals surface area contributed by atoms with E-state index in [1.807, 2.05) is 12.1 Å². The van der Waals surface area contributed by atoms with Crippen molar-refractivity contribution in [2.45, 2.75) is 36.0 Å². The van der Waals surface area contributed by atoms with E-state index in [2.05, 4.69) is 0 Å². The number of benzene rings is 3. The van der Waals surface area contributed by atoms with Crippen LogP contribution in [-0.4, -0.2) is 31.4 Å². The Morgan fingerprint density at radius 2 is 1.29 bits per heavy atom. The molecule has 3 aromatic carbocycles. The van der Waals surface area contributed by atoms with Gasteiger partial charge in [-0.2, -0.15) is 0 Å². The van der Waals surface area contributed by atoms with E-state index in [-0.39, 0.29) is 16.0 Å². The van der Waals surface area contributed by atoms with Crippen molar-refractivity contribution < 1.29 is 23.1 Å². The molecule has 0 atom stereocenters. The van der Waals surface area contributed by atoms with Gasteiger partial charge in [-0.25, -0.2) is 13.2 Å². The maximum absolute atomic E-state index is 13.7. The van der Waals surface area contributed by atoms with Crippen molar-refractivity contribution in [2.24, 2.45) is 0 Å². The summed E-state index contributed by atoms with van der Waals surface area (Å²) in [5, 5.41) is 12.2. The second kappa shape index (κ2) is 8.29. The number of ether oxygens (including phenoxy) is 1. The SMILES string of the molecule is COC(=O)c1cccc(C(O)(c2ccccc2)c2ccccc2)c1S(=O)(=O)C(C)(C)C. The molecule has 0 aliphatic rings. The zero-order valence-corrected chi connectivity index (χ0v) is 18.8. The van der Waals surface area contributed by atoms with Gasteiger partial charge in [-0.3, -0.25) is 0 Å². The van der Waals surface area contributed by atoms with Crippen molar-refractivity contribution >= 4 is 15.8 Å². The number of rotatable bonds is 5. The second-order valence-electron chi connectivity index (χ2n) is 8.23. The molecule has 6 heteroatoms. The fourth-order valence-corrected chi connectivity index (χ4v) is 5.08. The summed E-state index contributed by atoms with van der Waals surface area (Å²) in [6.45, 7) is 4.68. The number of hydrogen-bond acceptors (Lipinski definition) is 5. The molecule has 162 valence electrons. The predicted octanol–water partition coefficient (Wildman–Crippen LogP) is 4.33. The van der Waals surface area contributed by atoms with Crippen LogP contribution in [0.2, 0.25) is 0 Å². The first-order valence-electron chi connectivity index (χ1n) is 9.85. The van der Waals surface area contributed by atoms with Gasteiger partial charge in [0.15, 0.2) is 9.84 Å². The lowest BCUT2D eigenvalue weighted by molar-refractivity contribution is 0.0594. The summed E-state index contributed by atoms with van der Waals surface area (Å²) < 4.78 is 31.1. The van der Waals surface area contributed by atoms with Gasteiger partial charge in [-0.1, -0.05) is 72.8 Å². The van der Waals surface area contributed by atoms with Gasteiger partial charge in [0.1, 0.15) is 5.60 Å². The molecule has 0 saturated heterocycles. The average molecular weight is 439 g/mol. The molecule has 3 aromatic rings. The topological polar surface area (TPSA) is 80.7 Å². The molecular weight excluding hydrogens is 412 g/mol. The quantitative estimate of drug-likeness (QED) is 0.474. The van der Waals surface area contributed by atoms with Crippen LogP contribution in [0.15, 0.2) is 83.8 Å². The minimum absolute atomic E-state index is 0.0997. The molecule has 1 N–H and O–H groups in total. The molecule has 0 heterocycles. The van der Waals surface area contributed by atoms with Crippen molar-refractivity contribution in [3.8, 4) is 0 Å². The maximum atomic E-state index is 13.7. The third-order valence-electron chi connectivity index (χ3n) is 5.27. The monoisotopic (exact) mass is 438 g/mol. The first kappa shape index (κ1) is 22.7. The Kier molecular flexibility index (Phi) is 6.07. The summed E-state index contributed by atoms with van der Waals surface area (Å²) in [4.78, 5) is 12.4. The zero-order chi connectivity index (χ0) is 22.9. The van der Waals surface area contributed by atoms with Gasteiger partial charge in [0.05, 0.1) is 22.3 Å². The van der Waals surface area contributed by atoms with Crippen LogP contribution in [0.3, 0.4) is 0 Å². The van der Waals surface area contributed by atoms with Crippen molar-refractivity contribution in [3.63, 3.8) is 0 Å². The van der Waals surface area contributed by atoms with E-state index >= 15 is 0 Å². The van der Waals surface area contributed by atoms with Crippen LogP contribution >= 0.6 is 0 Å². The lowest BCUT2D eigenvalue weighted by atomic mass is 9.80. The highest BCUT2D eigenvalue weighted by Gasteiger charge is 2.43. The van der Waals surface area contributed by atoms with Crippen molar-refractivity contribution in [3.05, 3.63) is 101 Å². The fraction of sp³-hybridized carbons (Fsp3) is 0.240. The number of aliphatic hydroxyl groups is 1. The van der Waals surface area contributed by atoms with E-state index in [1.54, 1.807) is 81.4 Å². The minimum Gasteiger partial charge on any atom is -0.465 e. The largest absolute Gasteiger partial charge is 0.465 e. The fourth-order valence-electron chi connectivity index (χ4n) is 3.52. The summed E-state index contributed by atoms with van der Waals surface area (Å²) in [7, 11) is -2.86. The van der Waals surface area contributed by atoms with Gasteiger partial charge in [0.25, 0.3) is 0 Å². The van der Waals surface area contributed by atoms with E-state index < -0.39 is 26.2 Å². The van der Waals surface area contributed by atoms with Crippen LogP contribution in [0.5, 0.6) is 0 Å². The number of methoxy groups -OCH3 is 1. The Labute approximate surface area is 183 Å². The zero-order valence-electron chi connectivity index (χ0n) is 18.0. The molecule has 0 radical (unpaired) electrons. The third kappa shape index (κ3) is 3.89.